The lowest BCUT2D eigenvalue weighted by atomic mass is 10.0. The van der Waals surface area contributed by atoms with Crippen molar-refractivity contribution < 1.29 is 19.5 Å². The summed E-state index contributed by atoms with van der Waals surface area (Å²) in [6, 6.07) is -2.60. The van der Waals surface area contributed by atoms with Crippen LogP contribution in [0, 0.1) is 5.92 Å². The quantitative estimate of drug-likeness (QED) is 0.331. The van der Waals surface area contributed by atoms with Gasteiger partial charge in [-0.05, 0) is 30.8 Å². The van der Waals surface area contributed by atoms with Crippen LogP contribution in [0.25, 0.3) is 0 Å². The Morgan fingerprint density at radius 2 is 1.74 bits per heavy atom. The van der Waals surface area contributed by atoms with Crippen LogP contribution in [0.4, 0.5) is 0 Å². The molecule has 0 heterocycles. The third-order valence-electron chi connectivity index (χ3n) is 3.10. The standard InChI is InChI=1S/C14H27N3O4S2/c1-8(2)6-11(17-12(18)9(15)7-22)13(19)16-10(14(20)21)4-5-23-3/h8-11,22H,4-7,15H2,1-3H3,(H,16,19)(H,17,18)(H,20,21). The van der Waals surface area contributed by atoms with Gasteiger partial charge in [0.2, 0.25) is 11.8 Å². The van der Waals surface area contributed by atoms with E-state index in [4.69, 9.17) is 5.73 Å². The fourth-order valence-corrected chi connectivity index (χ4v) is 2.47. The van der Waals surface area contributed by atoms with E-state index in [0.29, 0.717) is 18.6 Å². The van der Waals surface area contributed by atoms with Gasteiger partial charge in [-0.15, -0.1) is 0 Å². The molecule has 0 spiro atoms. The van der Waals surface area contributed by atoms with E-state index in [1.165, 1.54) is 11.8 Å². The van der Waals surface area contributed by atoms with E-state index in [1.54, 1.807) is 0 Å². The van der Waals surface area contributed by atoms with Crippen LogP contribution in [0.15, 0.2) is 0 Å². The number of hydrogen-bond donors (Lipinski definition) is 5. The highest BCUT2D eigenvalue weighted by Crippen LogP contribution is 2.07. The van der Waals surface area contributed by atoms with E-state index >= 15 is 0 Å². The van der Waals surface area contributed by atoms with Gasteiger partial charge < -0.3 is 21.5 Å². The van der Waals surface area contributed by atoms with Crippen LogP contribution in [-0.4, -0.2) is 58.8 Å². The zero-order valence-corrected chi connectivity index (χ0v) is 15.5. The molecule has 7 nitrogen and oxygen atoms in total. The first-order valence-electron chi connectivity index (χ1n) is 7.41. The summed E-state index contributed by atoms with van der Waals surface area (Å²) in [6.45, 7) is 3.82. The molecule has 23 heavy (non-hydrogen) atoms. The minimum absolute atomic E-state index is 0.146. The summed E-state index contributed by atoms with van der Waals surface area (Å²) in [7, 11) is 0. The van der Waals surface area contributed by atoms with Gasteiger partial charge in [-0.2, -0.15) is 24.4 Å². The summed E-state index contributed by atoms with van der Waals surface area (Å²) in [6.07, 6.45) is 2.58. The van der Waals surface area contributed by atoms with Gasteiger partial charge in [-0.3, -0.25) is 9.59 Å². The Bertz CT molecular complexity index is 407. The summed E-state index contributed by atoms with van der Waals surface area (Å²) in [5, 5.41) is 14.2. The summed E-state index contributed by atoms with van der Waals surface area (Å²) < 4.78 is 0. The SMILES string of the molecule is CSCCC(NC(=O)C(CC(C)C)NC(=O)C(N)CS)C(=O)O. The molecular formula is C14H27N3O4S2. The van der Waals surface area contributed by atoms with Crippen LogP contribution in [0.2, 0.25) is 0 Å². The first-order valence-corrected chi connectivity index (χ1v) is 9.44. The molecule has 0 saturated heterocycles. The van der Waals surface area contributed by atoms with Crippen molar-refractivity contribution in [3.05, 3.63) is 0 Å². The van der Waals surface area contributed by atoms with Crippen molar-refractivity contribution in [2.24, 2.45) is 11.7 Å². The average molecular weight is 366 g/mol. The summed E-state index contributed by atoms with van der Waals surface area (Å²) in [5.41, 5.74) is 5.59. The number of nitrogens with two attached hydrogens (primary N) is 1. The fraction of sp³-hybridized carbons (Fsp3) is 0.786. The lowest BCUT2D eigenvalue weighted by Gasteiger charge is -2.23. The van der Waals surface area contributed by atoms with E-state index < -0.39 is 35.9 Å². The third-order valence-corrected chi connectivity index (χ3v) is 4.14. The second kappa shape index (κ2) is 11.6. The molecule has 0 aromatic heterocycles. The number of carboxylic acids is 1. The molecule has 0 saturated carbocycles. The minimum Gasteiger partial charge on any atom is -0.480 e. The maximum Gasteiger partial charge on any atom is 0.326 e. The van der Waals surface area contributed by atoms with Crippen LogP contribution in [0.1, 0.15) is 26.7 Å². The predicted octanol–water partition coefficient (Wildman–Crippen LogP) is 0.0969. The molecule has 0 radical (unpaired) electrons. The molecule has 5 N–H and O–H groups in total. The smallest absolute Gasteiger partial charge is 0.326 e. The Balaban J connectivity index is 4.90. The Morgan fingerprint density at radius 1 is 1.17 bits per heavy atom. The van der Waals surface area contributed by atoms with Gasteiger partial charge in [-0.25, -0.2) is 4.79 Å². The minimum atomic E-state index is -1.09. The predicted molar refractivity (Wildman–Crippen MR) is 95.8 cm³/mol. The van der Waals surface area contributed by atoms with Gasteiger partial charge in [-0.1, -0.05) is 13.8 Å². The van der Waals surface area contributed by atoms with E-state index in [1.807, 2.05) is 20.1 Å². The summed E-state index contributed by atoms with van der Waals surface area (Å²) in [4.78, 5) is 35.4. The fourth-order valence-electron chi connectivity index (χ4n) is 1.83. The first-order chi connectivity index (χ1) is 10.7. The zero-order chi connectivity index (χ0) is 18.0. The first kappa shape index (κ1) is 22.1. The summed E-state index contributed by atoms with van der Waals surface area (Å²) in [5.74, 6) is -1.15. The van der Waals surface area contributed by atoms with Crippen LogP contribution in [-0.2, 0) is 14.4 Å². The number of hydrogen-bond acceptors (Lipinski definition) is 6. The number of rotatable bonds is 11. The van der Waals surface area contributed by atoms with Gasteiger partial charge in [0.1, 0.15) is 12.1 Å². The lowest BCUT2D eigenvalue weighted by Crippen LogP contribution is -2.55. The molecule has 0 aliphatic heterocycles. The van der Waals surface area contributed by atoms with Crippen molar-refractivity contribution in [3.8, 4) is 0 Å². The van der Waals surface area contributed by atoms with E-state index in [9.17, 15) is 19.5 Å². The van der Waals surface area contributed by atoms with Gasteiger partial charge in [0.25, 0.3) is 0 Å². The average Bonchev–Trinajstić information content (AvgIpc) is 2.48. The van der Waals surface area contributed by atoms with E-state index in [-0.39, 0.29) is 11.7 Å². The molecule has 134 valence electrons. The van der Waals surface area contributed by atoms with Crippen LogP contribution < -0.4 is 16.4 Å². The topological polar surface area (TPSA) is 122 Å². The van der Waals surface area contributed by atoms with E-state index in [2.05, 4.69) is 23.3 Å². The second-order valence-corrected chi connectivity index (χ2v) is 7.01. The van der Waals surface area contributed by atoms with Crippen LogP contribution >= 0.6 is 24.4 Å². The number of carbonyl (C=O) groups excluding carboxylic acids is 2. The highest BCUT2D eigenvalue weighted by atomic mass is 32.2. The van der Waals surface area contributed by atoms with E-state index in [0.717, 1.165) is 0 Å². The Labute approximate surface area is 146 Å². The molecule has 2 amide bonds. The molecule has 0 fully saturated rings. The molecule has 9 heteroatoms. The number of carboxylic acid groups (broad SMARTS) is 1. The molecule has 0 aliphatic carbocycles. The van der Waals surface area contributed by atoms with Gasteiger partial charge >= 0.3 is 5.97 Å². The Morgan fingerprint density at radius 3 is 2.17 bits per heavy atom. The molecule has 0 bridgehead atoms. The number of amides is 2. The van der Waals surface area contributed by atoms with Crippen molar-refractivity contribution >= 4 is 42.2 Å². The normalized spacial score (nSPS) is 14.9. The Kier molecular flexibility index (Phi) is 11.1. The van der Waals surface area contributed by atoms with Crippen LogP contribution in [0.3, 0.4) is 0 Å². The van der Waals surface area contributed by atoms with Crippen LogP contribution in [0.5, 0.6) is 0 Å². The monoisotopic (exact) mass is 365 g/mol. The third kappa shape index (κ3) is 9.07. The molecule has 0 aliphatic rings. The van der Waals surface area contributed by atoms with Crippen molar-refractivity contribution in [2.45, 2.75) is 44.8 Å². The van der Waals surface area contributed by atoms with Crippen molar-refractivity contribution in [1.29, 1.82) is 0 Å². The maximum atomic E-state index is 12.3. The van der Waals surface area contributed by atoms with Crippen molar-refractivity contribution in [3.63, 3.8) is 0 Å². The number of carbonyl (C=O) groups is 3. The lowest BCUT2D eigenvalue weighted by molar-refractivity contribution is -0.142. The van der Waals surface area contributed by atoms with Gasteiger partial charge in [0.05, 0.1) is 6.04 Å². The molecule has 0 aromatic rings. The zero-order valence-electron chi connectivity index (χ0n) is 13.7. The highest BCUT2D eigenvalue weighted by molar-refractivity contribution is 7.98. The largest absolute Gasteiger partial charge is 0.480 e. The Hall–Kier alpha value is -0.930. The summed E-state index contributed by atoms with van der Waals surface area (Å²) >= 11 is 5.46. The second-order valence-electron chi connectivity index (χ2n) is 5.66. The van der Waals surface area contributed by atoms with Gasteiger partial charge in [0.15, 0.2) is 0 Å². The molecule has 3 atom stereocenters. The molecule has 0 aromatic carbocycles. The number of aliphatic carboxylic acids is 1. The highest BCUT2D eigenvalue weighted by Gasteiger charge is 2.27. The number of thioether (sulfide) groups is 1. The van der Waals surface area contributed by atoms with Crippen molar-refractivity contribution in [1.82, 2.24) is 10.6 Å². The maximum absolute atomic E-state index is 12.3. The van der Waals surface area contributed by atoms with Crippen molar-refractivity contribution in [2.75, 3.05) is 17.8 Å². The number of thiol groups is 1. The number of nitrogens with one attached hydrogen (secondary N) is 2. The molecule has 3 unspecified atom stereocenters. The molecular weight excluding hydrogens is 338 g/mol. The molecule has 0 rings (SSSR count). The van der Waals surface area contributed by atoms with Gasteiger partial charge in [0, 0.05) is 5.75 Å².